The number of benzene rings is 1. The molecule has 1 atom stereocenters. The van der Waals surface area contributed by atoms with Crippen LogP contribution in [0, 0.1) is 6.92 Å². The van der Waals surface area contributed by atoms with Crippen LogP contribution in [0.4, 0.5) is 0 Å². The van der Waals surface area contributed by atoms with Gasteiger partial charge >= 0.3 is 0 Å². The molecule has 1 unspecified atom stereocenters. The van der Waals surface area contributed by atoms with E-state index in [1.807, 2.05) is 31.2 Å². The summed E-state index contributed by atoms with van der Waals surface area (Å²) in [6, 6.07) is 11.2. The average molecular weight is 302 g/mol. The highest BCUT2D eigenvalue weighted by atomic mass is 32.2. The van der Waals surface area contributed by atoms with Gasteiger partial charge in [-0.15, -0.1) is 0 Å². The zero-order valence-corrected chi connectivity index (χ0v) is 12.7. The highest BCUT2D eigenvalue weighted by molar-refractivity contribution is 7.91. The van der Waals surface area contributed by atoms with E-state index in [1.165, 1.54) is 0 Å². The van der Waals surface area contributed by atoms with E-state index in [0.29, 0.717) is 18.0 Å². The van der Waals surface area contributed by atoms with Gasteiger partial charge in [-0.3, -0.25) is 4.98 Å². The van der Waals surface area contributed by atoms with Crippen LogP contribution < -0.4 is 5.32 Å². The molecule has 110 valence electrons. The lowest BCUT2D eigenvalue weighted by molar-refractivity contribution is 0.586. The Kier molecular flexibility index (Phi) is 3.78. The molecule has 0 aliphatic carbocycles. The van der Waals surface area contributed by atoms with Gasteiger partial charge in [0.2, 0.25) is 0 Å². The molecule has 0 saturated heterocycles. The van der Waals surface area contributed by atoms with Crippen molar-refractivity contribution < 1.29 is 8.42 Å². The van der Waals surface area contributed by atoms with Crippen LogP contribution in [0.15, 0.2) is 47.5 Å². The van der Waals surface area contributed by atoms with Crippen LogP contribution >= 0.6 is 0 Å². The summed E-state index contributed by atoms with van der Waals surface area (Å²) in [6.07, 6.45) is 1.78. The first-order valence-electron chi connectivity index (χ1n) is 7.01. The molecule has 3 rings (SSSR count). The molecular weight excluding hydrogens is 284 g/mol. The molecule has 1 aliphatic heterocycles. The summed E-state index contributed by atoms with van der Waals surface area (Å²) in [7, 11) is -3.11. The minimum absolute atomic E-state index is 0.0234. The van der Waals surface area contributed by atoms with Gasteiger partial charge < -0.3 is 5.32 Å². The number of fused-ring (bicyclic) bond motifs is 1. The molecule has 1 N–H and O–H groups in total. The van der Waals surface area contributed by atoms with E-state index in [9.17, 15) is 8.42 Å². The summed E-state index contributed by atoms with van der Waals surface area (Å²) in [6.45, 7) is 3.33. The Balaban J connectivity index is 1.69. The Labute approximate surface area is 125 Å². The minimum atomic E-state index is -3.11. The molecule has 1 aliphatic rings. The molecule has 5 heteroatoms. The van der Waals surface area contributed by atoms with Gasteiger partial charge in [-0.25, -0.2) is 8.42 Å². The van der Waals surface area contributed by atoms with Crippen molar-refractivity contribution in [2.45, 2.75) is 24.3 Å². The maximum Gasteiger partial charge on any atom is 0.179 e. The fourth-order valence-electron chi connectivity index (χ4n) is 2.78. The fraction of sp³-hybridized carbons (Fsp3) is 0.312. The van der Waals surface area contributed by atoms with Crippen molar-refractivity contribution >= 4 is 9.84 Å². The largest absolute Gasteiger partial charge is 0.311 e. The van der Waals surface area contributed by atoms with Crippen molar-refractivity contribution in [3.8, 4) is 0 Å². The fourth-order valence-corrected chi connectivity index (χ4v) is 4.67. The number of pyridine rings is 1. The second-order valence-corrected chi connectivity index (χ2v) is 7.42. The number of rotatable bonds is 4. The second kappa shape index (κ2) is 5.58. The Morgan fingerprint density at radius 3 is 2.86 bits per heavy atom. The van der Waals surface area contributed by atoms with Gasteiger partial charge in [0.25, 0.3) is 0 Å². The van der Waals surface area contributed by atoms with Crippen molar-refractivity contribution in [3.05, 3.63) is 59.4 Å². The number of hydrogen-bond acceptors (Lipinski definition) is 4. The predicted molar refractivity (Wildman–Crippen MR) is 81.9 cm³/mol. The van der Waals surface area contributed by atoms with Gasteiger partial charge in [0.1, 0.15) is 0 Å². The molecule has 0 radical (unpaired) electrons. The summed E-state index contributed by atoms with van der Waals surface area (Å²) >= 11 is 0. The Morgan fingerprint density at radius 1 is 1.24 bits per heavy atom. The topological polar surface area (TPSA) is 59.1 Å². The molecule has 0 bridgehead atoms. The molecule has 1 aromatic heterocycles. The third kappa shape index (κ3) is 2.84. The maximum absolute atomic E-state index is 12.1. The normalized spacial score (nSPS) is 19.4. The van der Waals surface area contributed by atoms with E-state index in [2.05, 4.69) is 10.3 Å². The van der Waals surface area contributed by atoms with Crippen molar-refractivity contribution in [2.24, 2.45) is 0 Å². The third-order valence-electron chi connectivity index (χ3n) is 3.92. The van der Waals surface area contributed by atoms with E-state index in [1.54, 1.807) is 18.3 Å². The highest BCUT2D eigenvalue weighted by Gasteiger charge is 2.33. The molecule has 0 spiro atoms. The van der Waals surface area contributed by atoms with Crippen LogP contribution in [0.25, 0.3) is 0 Å². The molecule has 21 heavy (non-hydrogen) atoms. The van der Waals surface area contributed by atoms with E-state index >= 15 is 0 Å². The molecule has 2 aromatic rings. The lowest BCUT2D eigenvalue weighted by Crippen LogP contribution is -2.23. The molecule has 4 nitrogen and oxygen atoms in total. The number of aromatic nitrogens is 1. The number of nitrogens with zero attached hydrogens (tertiary/aromatic N) is 1. The van der Waals surface area contributed by atoms with Gasteiger partial charge in [-0.05, 0) is 30.2 Å². The van der Waals surface area contributed by atoms with Crippen LogP contribution in [-0.4, -0.2) is 25.7 Å². The van der Waals surface area contributed by atoms with Crippen LogP contribution in [0.5, 0.6) is 0 Å². The first-order chi connectivity index (χ1) is 10.1. The molecular formula is C16H18N2O2S. The summed E-state index contributed by atoms with van der Waals surface area (Å²) in [5.41, 5.74) is 3.08. The number of hydrogen-bond donors (Lipinski definition) is 1. The van der Waals surface area contributed by atoms with Crippen LogP contribution in [0.1, 0.15) is 22.7 Å². The van der Waals surface area contributed by atoms with Gasteiger partial charge in [0.05, 0.1) is 16.3 Å². The monoisotopic (exact) mass is 302 g/mol. The standard InChI is InChI=1S/C16H18N2O2S/c1-12-5-4-8-18-15(12)10-17-9-13-11-21(19,20)16-7-3-2-6-14(13)16/h2-8,13,17H,9-11H2,1H3. The smallest absolute Gasteiger partial charge is 0.179 e. The first-order valence-corrected chi connectivity index (χ1v) is 8.66. The van der Waals surface area contributed by atoms with Gasteiger partial charge in [0.15, 0.2) is 9.84 Å². The van der Waals surface area contributed by atoms with Crippen molar-refractivity contribution in [2.75, 3.05) is 12.3 Å². The summed E-state index contributed by atoms with van der Waals surface area (Å²) in [5, 5.41) is 3.34. The van der Waals surface area contributed by atoms with Crippen LogP contribution in [-0.2, 0) is 16.4 Å². The third-order valence-corrected chi connectivity index (χ3v) is 5.80. The summed E-state index contributed by atoms with van der Waals surface area (Å²) in [5.74, 6) is 0.218. The number of aryl methyl sites for hydroxylation is 1. The lowest BCUT2D eigenvalue weighted by Gasteiger charge is -2.12. The molecule has 1 aromatic carbocycles. The quantitative estimate of drug-likeness (QED) is 0.939. The lowest BCUT2D eigenvalue weighted by atomic mass is 10.0. The van der Waals surface area contributed by atoms with E-state index < -0.39 is 9.84 Å². The van der Waals surface area contributed by atoms with E-state index in [-0.39, 0.29) is 11.7 Å². The number of sulfone groups is 1. The average Bonchev–Trinajstić information content (AvgIpc) is 2.73. The minimum Gasteiger partial charge on any atom is -0.311 e. The Hall–Kier alpha value is -1.72. The number of nitrogens with one attached hydrogen (secondary N) is 1. The van der Waals surface area contributed by atoms with Crippen molar-refractivity contribution in [1.82, 2.24) is 10.3 Å². The summed E-state index contributed by atoms with van der Waals surface area (Å²) < 4.78 is 24.2. The summed E-state index contributed by atoms with van der Waals surface area (Å²) in [4.78, 5) is 4.83. The zero-order valence-electron chi connectivity index (χ0n) is 11.9. The molecule has 2 heterocycles. The van der Waals surface area contributed by atoms with Crippen molar-refractivity contribution in [1.29, 1.82) is 0 Å². The Bertz CT molecular complexity index is 756. The Morgan fingerprint density at radius 2 is 2.05 bits per heavy atom. The van der Waals surface area contributed by atoms with E-state index in [4.69, 9.17) is 0 Å². The zero-order chi connectivity index (χ0) is 14.9. The second-order valence-electron chi connectivity index (χ2n) is 5.41. The molecule has 0 amide bonds. The van der Waals surface area contributed by atoms with Gasteiger partial charge in [-0.1, -0.05) is 24.3 Å². The van der Waals surface area contributed by atoms with Crippen LogP contribution in [0.2, 0.25) is 0 Å². The molecule has 0 fully saturated rings. The molecule has 0 saturated carbocycles. The van der Waals surface area contributed by atoms with Gasteiger partial charge in [0, 0.05) is 25.2 Å². The van der Waals surface area contributed by atoms with Gasteiger partial charge in [-0.2, -0.15) is 0 Å². The first kappa shape index (κ1) is 14.2. The van der Waals surface area contributed by atoms with E-state index in [0.717, 1.165) is 16.8 Å². The highest BCUT2D eigenvalue weighted by Crippen LogP contribution is 2.34. The SMILES string of the molecule is Cc1cccnc1CNCC1CS(=O)(=O)c2ccccc21. The van der Waals surface area contributed by atoms with Crippen molar-refractivity contribution in [3.63, 3.8) is 0 Å². The maximum atomic E-state index is 12.1. The van der Waals surface area contributed by atoms with Crippen LogP contribution in [0.3, 0.4) is 0 Å². The predicted octanol–water partition coefficient (Wildman–Crippen LogP) is 2.05.